The lowest BCUT2D eigenvalue weighted by Gasteiger charge is -2.30. The molecule has 1 fully saturated rings. The molecule has 0 radical (unpaired) electrons. The predicted octanol–water partition coefficient (Wildman–Crippen LogP) is 0.806. The summed E-state index contributed by atoms with van der Waals surface area (Å²) in [5.74, 6) is -1.05. The van der Waals surface area contributed by atoms with Gasteiger partial charge in [-0.3, -0.25) is 14.5 Å². The second kappa shape index (κ2) is 5.53. The Morgan fingerprint density at radius 2 is 2.09 bits per heavy atom. The lowest BCUT2D eigenvalue weighted by Crippen LogP contribution is -2.37. The molecule has 3 rings (SSSR count). The van der Waals surface area contributed by atoms with Gasteiger partial charge in [-0.05, 0) is 24.1 Å². The Hall–Kier alpha value is -2.64. The Balaban J connectivity index is 2.03. The first-order valence-electron chi connectivity index (χ1n) is 7.21. The molecule has 1 aromatic carbocycles. The van der Waals surface area contributed by atoms with Crippen molar-refractivity contribution in [3.63, 3.8) is 0 Å². The molecule has 0 bridgehead atoms. The molecule has 1 N–H and O–H groups in total. The van der Waals surface area contributed by atoms with E-state index in [-0.39, 0.29) is 24.6 Å². The van der Waals surface area contributed by atoms with Crippen LogP contribution in [0.5, 0.6) is 0 Å². The summed E-state index contributed by atoms with van der Waals surface area (Å²) in [6, 6.07) is 2.54. The maximum absolute atomic E-state index is 13.9. The topological polar surface area (TPSA) is 79.0 Å². The van der Waals surface area contributed by atoms with Crippen molar-refractivity contribution in [2.24, 2.45) is 0 Å². The summed E-state index contributed by atoms with van der Waals surface area (Å²) < 4.78 is 18.9. The van der Waals surface area contributed by atoms with Crippen LogP contribution >= 0.6 is 0 Å². The van der Waals surface area contributed by atoms with E-state index in [2.05, 4.69) is 5.32 Å². The van der Waals surface area contributed by atoms with E-state index in [9.17, 15) is 18.8 Å². The molecule has 2 aliphatic heterocycles. The Labute approximate surface area is 132 Å². The number of ether oxygens (including phenoxy) is 1. The molecule has 3 amide bonds. The molecule has 0 saturated carbocycles. The Morgan fingerprint density at radius 1 is 1.35 bits per heavy atom. The minimum atomic E-state index is -0.962. The van der Waals surface area contributed by atoms with Crippen molar-refractivity contribution >= 4 is 29.3 Å². The number of benzene rings is 1. The van der Waals surface area contributed by atoms with Gasteiger partial charge < -0.3 is 15.0 Å². The summed E-state index contributed by atoms with van der Waals surface area (Å²) in [4.78, 5) is 38.3. The highest BCUT2D eigenvalue weighted by Gasteiger charge is 2.39. The van der Waals surface area contributed by atoms with Gasteiger partial charge in [0, 0.05) is 20.5 Å². The number of likely N-dealkylation sites (N-methyl/N-ethyl adjacent to an activating group) is 1. The van der Waals surface area contributed by atoms with Crippen LogP contribution in [0.4, 0.5) is 20.6 Å². The molecule has 8 heteroatoms. The number of nitrogens with one attached hydrogen (secondary N) is 1. The van der Waals surface area contributed by atoms with Gasteiger partial charge in [0.2, 0.25) is 5.91 Å². The molecule has 23 heavy (non-hydrogen) atoms. The highest BCUT2D eigenvalue weighted by Crippen LogP contribution is 2.39. The molecule has 2 heterocycles. The van der Waals surface area contributed by atoms with E-state index in [4.69, 9.17) is 4.74 Å². The summed E-state index contributed by atoms with van der Waals surface area (Å²) in [6.45, 7) is -0.0313. The van der Waals surface area contributed by atoms with Crippen molar-refractivity contribution in [3.8, 4) is 0 Å². The SMILES string of the molecule is CNC(=O)[C@H]1CN(c2cc(F)cc3c2N(C)C(=O)CC3)C(=O)O1. The summed E-state index contributed by atoms with van der Waals surface area (Å²) in [7, 11) is 3.02. The van der Waals surface area contributed by atoms with Gasteiger partial charge in [-0.1, -0.05) is 0 Å². The van der Waals surface area contributed by atoms with Crippen molar-refractivity contribution in [2.45, 2.75) is 18.9 Å². The lowest BCUT2D eigenvalue weighted by molar-refractivity contribution is -0.127. The van der Waals surface area contributed by atoms with Crippen molar-refractivity contribution in [2.75, 3.05) is 30.4 Å². The highest BCUT2D eigenvalue weighted by atomic mass is 19.1. The lowest BCUT2D eigenvalue weighted by atomic mass is 9.99. The first kappa shape index (κ1) is 15.3. The second-order valence-electron chi connectivity index (χ2n) is 5.48. The number of amides is 3. The number of anilines is 2. The molecule has 122 valence electrons. The predicted molar refractivity (Wildman–Crippen MR) is 79.8 cm³/mol. The Bertz CT molecular complexity index is 706. The van der Waals surface area contributed by atoms with Crippen LogP contribution in [0.2, 0.25) is 0 Å². The monoisotopic (exact) mass is 321 g/mol. The third-order valence-electron chi connectivity index (χ3n) is 4.09. The zero-order chi connectivity index (χ0) is 16.7. The number of halogens is 1. The minimum absolute atomic E-state index is 0.0313. The van der Waals surface area contributed by atoms with Crippen molar-refractivity contribution in [3.05, 3.63) is 23.5 Å². The maximum Gasteiger partial charge on any atom is 0.415 e. The molecule has 0 aliphatic carbocycles. The molecule has 0 aromatic heterocycles. The second-order valence-corrected chi connectivity index (χ2v) is 5.48. The van der Waals surface area contributed by atoms with Crippen LogP contribution < -0.4 is 15.1 Å². The smallest absolute Gasteiger partial charge is 0.415 e. The number of carbonyl (C=O) groups is 3. The number of rotatable bonds is 2. The van der Waals surface area contributed by atoms with Gasteiger partial charge in [-0.2, -0.15) is 0 Å². The van der Waals surface area contributed by atoms with Crippen molar-refractivity contribution in [1.29, 1.82) is 0 Å². The number of carbonyl (C=O) groups excluding carboxylic acids is 3. The minimum Gasteiger partial charge on any atom is -0.434 e. The molecule has 0 unspecified atom stereocenters. The molecule has 1 aromatic rings. The Morgan fingerprint density at radius 3 is 2.78 bits per heavy atom. The van der Waals surface area contributed by atoms with Crippen LogP contribution in [0.1, 0.15) is 12.0 Å². The summed E-state index contributed by atoms with van der Waals surface area (Å²) >= 11 is 0. The quantitative estimate of drug-likeness (QED) is 0.874. The summed E-state index contributed by atoms with van der Waals surface area (Å²) in [5, 5.41) is 2.41. The van der Waals surface area contributed by atoms with Crippen LogP contribution in [0.3, 0.4) is 0 Å². The van der Waals surface area contributed by atoms with Gasteiger partial charge in [-0.25, -0.2) is 9.18 Å². The third kappa shape index (κ3) is 2.49. The molecular weight excluding hydrogens is 305 g/mol. The van der Waals surface area contributed by atoms with E-state index in [0.29, 0.717) is 17.7 Å². The number of hydrogen-bond acceptors (Lipinski definition) is 4. The van der Waals surface area contributed by atoms with E-state index in [1.54, 1.807) is 7.05 Å². The van der Waals surface area contributed by atoms with E-state index >= 15 is 0 Å². The van der Waals surface area contributed by atoms with E-state index in [1.165, 1.54) is 29.0 Å². The Kier molecular flexibility index (Phi) is 3.67. The van der Waals surface area contributed by atoms with E-state index in [0.717, 1.165) is 0 Å². The molecular formula is C15H16FN3O4. The van der Waals surface area contributed by atoms with Crippen LogP contribution in [0.15, 0.2) is 12.1 Å². The van der Waals surface area contributed by atoms with E-state index in [1.807, 2.05) is 0 Å². The summed E-state index contributed by atoms with van der Waals surface area (Å²) in [6.07, 6.45) is -1.00. The molecule has 0 spiro atoms. The molecule has 2 aliphatic rings. The first-order valence-corrected chi connectivity index (χ1v) is 7.21. The first-order chi connectivity index (χ1) is 10.9. The normalized spacial score (nSPS) is 20.4. The zero-order valence-corrected chi connectivity index (χ0v) is 12.8. The average Bonchev–Trinajstić information content (AvgIpc) is 2.91. The maximum atomic E-state index is 13.9. The number of fused-ring (bicyclic) bond motifs is 1. The summed E-state index contributed by atoms with van der Waals surface area (Å²) in [5.41, 5.74) is 1.38. The van der Waals surface area contributed by atoms with Gasteiger partial charge in [0.15, 0.2) is 6.10 Å². The van der Waals surface area contributed by atoms with Gasteiger partial charge >= 0.3 is 6.09 Å². The van der Waals surface area contributed by atoms with Crippen molar-refractivity contribution < 1.29 is 23.5 Å². The van der Waals surface area contributed by atoms with Gasteiger partial charge in [-0.15, -0.1) is 0 Å². The van der Waals surface area contributed by atoms with Gasteiger partial charge in [0.05, 0.1) is 17.9 Å². The van der Waals surface area contributed by atoms with E-state index < -0.39 is 23.9 Å². The fourth-order valence-electron chi connectivity index (χ4n) is 2.91. The molecule has 7 nitrogen and oxygen atoms in total. The fourth-order valence-corrected chi connectivity index (χ4v) is 2.91. The van der Waals surface area contributed by atoms with Crippen molar-refractivity contribution in [1.82, 2.24) is 5.32 Å². The highest BCUT2D eigenvalue weighted by molar-refractivity contribution is 6.04. The standard InChI is InChI=1S/C15H16FN3O4/c1-17-14(21)11-7-19(15(22)23-11)10-6-9(16)5-8-3-4-12(20)18(2)13(8)10/h5-6,11H,3-4,7H2,1-2H3,(H,17,21)/t11-/m1/s1. The average molecular weight is 321 g/mol. The fraction of sp³-hybridized carbons (Fsp3) is 0.400. The van der Waals surface area contributed by atoms with Crippen LogP contribution in [-0.4, -0.2) is 44.7 Å². The van der Waals surface area contributed by atoms with Crippen LogP contribution in [0, 0.1) is 5.82 Å². The molecule has 1 atom stereocenters. The number of nitrogens with zero attached hydrogens (tertiary/aromatic N) is 2. The largest absolute Gasteiger partial charge is 0.434 e. The molecule has 1 saturated heterocycles. The number of hydrogen-bond donors (Lipinski definition) is 1. The van der Waals surface area contributed by atoms with Crippen LogP contribution in [0.25, 0.3) is 0 Å². The number of cyclic esters (lactones) is 1. The zero-order valence-electron chi connectivity index (χ0n) is 12.8. The van der Waals surface area contributed by atoms with Gasteiger partial charge in [0.25, 0.3) is 5.91 Å². The van der Waals surface area contributed by atoms with Crippen LogP contribution in [-0.2, 0) is 20.7 Å². The van der Waals surface area contributed by atoms with Gasteiger partial charge in [0.1, 0.15) is 5.82 Å². The third-order valence-corrected chi connectivity index (χ3v) is 4.09. The number of aryl methyl sites for hydroxylation is 1.